The van der Waals surface area contributed by atoms with Gasteiger partial charge in [0.1, 0.15) is 8.96 Å². The molecule has 0 aliphatic carbocycles. The number of fused-ring (bicyclic) bond motifs is 2. The lowest BCUT2D eigenvalue weighted by Crippen LogP contribution is -2.34. The number of rotatable bonds is 30. The lowest BCUT2D eigenvalue weighted by molar-refractivity contribution is -0.138. The predicted octanol–water partition coefficient (Wildman–Crippen LogP) is 3.33. The summed E-state index contributed by atoms with van der Waals surface area (Å²) in [5.74, 6) is 5.28. The van der Waals surface area contributed by atoms with Crippen molar-refractivity contribution in [2.45, 2.75) is 19.4 Å². The molecule has 0 saturated carbocycles. The number of hydrogen-bond donors (Lipinski definition) is 1. The first-order valence-electron chi connectivity index (χ1n) is 19.2. The molecule has 2 aromatic carbocycles. The molecule has 316 valence electrons. The molecule has 0 fully saturated rings. The van der Waals surface area contributed by atoms with Gasteiger partial charge in [-0.25, -0.2) is 0 Å². The van der Waals surface area contributed by atoms with Gasteiger partial charge in [0.2, 0.25) is 11.8 Å². The highest BCUT2D eigenvalue weighted by molar-refractivity contribution is 9.14. The Balaban J connectivity index is 0.851. The van der Waals surface area contributed by atoms with E-state index in [0.29, 0.717) is 112 Å². The van der Waals surface area contributed by atoms with E-state index in [1.54, 1.807) is 4.90 Å². The highest BCUT2D eigenvalue weighted by atomic mass is 79.9. The first-order valence-corrected chi connectivity index (χ1v) is 20.7. The number of imide groups is 1. The zero-order valence-electron chi connectivity index (χ0n) is 32.5. The van der Waals surface area contributed by atoms with Gasteiger partial charge in [-0.1, -0.05) is 42.2 Å². The minimum atomic E-state index is -0.382. The van der Waals surface area contributed by atoms with Gasteiger partial charge in [-0.15, -0.1) is 0 Å². The first-order chi connectivity index (χ1) is 28.4. The fourth-order valence-corrected chi connectivity index (χ4v) is 6.20. The molecule has 0 bridgehead atoms. The average molecular weight is 938 g/mol. The fraction of sp³-hybridized carbons (Fsp3) is 0.512. The Morgan fingerprint density at radius 2 is 1.00 bits per heavy atom. The van der Waals surface area contributed by atoms with Crippen LogP contribution in [0, 0.1) is 11.8 Å². The second-order valence-electron chi connectivity index (χ2n) is 12.5. The van der Waals surface area contributed by atoms with E-state index in [0.717, 1.165) is 27.3 Å². The van der Waals surface area contributed by atoms with Gasteiger partial charge in [-0.05, 0) is 55.6 Å². The third-order valence-electron chi connectivity index (χ3n) is 8.43. The highest BCUT2D eigenvalue weighted by Crippen LogP contribution is 2.29. The molecule has 4 amide bonds. The number of nitrogens with zero attached hydrogens (tertiary/aromatic N) is 2. The van der Waals surface area contributed by atoms with Crippen molar-refractivity contribution in [1.82, 2.24) is 10.2 Å². The Morgan fingerprint density at radius 3 is 1.53 bits per heavy atom. The topological polar surface area (TPSA) is 161 Å². The second-order valence-corrected chi connectivity index (χ2v) is 14.1. The number of anilines is 1. The summed E-state index contributed by atoms with van der Waals surface area (Å²) >= 11 is 6.17. The van der Waals surface area contributed by atoms with Gasteiger partial charge in [0, 0.05) is 30.5 Å². The molecule has 58 heavy (non-hydrogen) atoms. The quantitative estimate of drug-likeness (QED) is 0.0693. The minimum Gasteiger partial charge on any atom is -0.377 e. The predicted molar refractivity (Wildman–Crippen MR) is 220 cm³/mol. The van der Waals surface area contributed by atoms with Crippen LogP contribution in [-0.4, -0.2) is 147 Å². The normalized spacial score (nSPS) is 13.6. The van der Waals surface area contributed by atoms with Crippen molar-refractivity contribution in [1.29, 1.82) is 0 Å². The molecule has 0 saturated heterocycles. The van der Waals surface area contributed by atoms with Crippen molar-refractivity contribution in [3.8, 4) is 11.8 Å². The van der Waals surface area contributed by atoms with Crippen molar-refractivity contribution < 1.29 is 57.1 Å². The zero-order valence-corrected chi connectivity index (χ0v) is 35.7. The van der Waals surface area contributed by atoms with Crippen LogP contribution in [0.2, 0.25) is 0 Å². The number of ether oxygens (including phenoxy) is 8. The molecule has 15 nitrogen and oxygen atoms in total. The van der Waals surface area contributed by atoms with E-state index >= 15 is 0 Å². The number of para-hydroxylation sites is 1. The summed E-state index contributed by atoms with van der Waals surface area (Å²) in [6.07, 6.45) is 0.160. The Bertz CT molecular complexity index is 1690. The lowest BCUT2D eigenvalue weighted by Gasteiger charge is -2.26. The van der Waals surface area contributed by atoms with Crippen LogP contribution in [0.4, 0.5) is 5.69 Å². The average Bonchev–Trinajstić information content (AvgIpc) is 3.41. The Morgan fingerprint density at radius 1 is 0.569 bits per heavy atom. The van der Waals surface area contributed by atoms with E-state index in [1.807, 2.05) is 48.5 Å². The number of carbonyl (C=O) groups is 4. The minimum absolute atomic E-state index is 0.0789. The van der Waals surface area contributed by atoms with E-state index in [9.17, 15) is 19.2 Å². The number of nitrogens with one attached hydrogen (secondary N) is 1. The van der Waals surface area contributed by atoms with Crippen molar-refractivity contribution >= 4 is 61.2 Å². The van der Waals surface area contributed by atoms with E-state index in [2.05, 4.69) is 49.0 Å². The van der Waals surface area contributed by atoms with Gasteiger partial charge in [0.05, 0.1) is 124 Å². The summed E-state index contributed by atoms with van der Waals surface area (Å²) < 4.78 is 44.3. The maximum absolute atomic E-state index is 13.3. The highest BCUT2D eigenvalue weighted by Gasteiger charge is 2.35. The molecule has 2 aliphatic heterocycles. The van der Waals surface area contributed by atoms with Crippen molar-refractivity contribution in [2.75, 3.05) is 124 Å². The summed E-state index contributed by atoms with van der Waals surface area (Å²) in [5, 5.41) is 2.81. The molecule has 0 aromatic heterocycles. The van der Waals surface area contributed by atoms with Gasteiger partial charge in [0.15, 0.2) is 0 Å². The largest absolute Gasteiger partial charge is 0.377 e. The zero-order chi connectivity index (χ0) is 41.2. The SMILES string of the molecule is O=C(CCC(=O)N1Cc2ccccc2C#Cc2ccccc21)NCCOCCOCCOCCOCCOCCOCCOCCOCCN1C(=O)C(Br)=C(Br)C1=O. The van der Waals surface area contributed by atoms with E-state index < -0.39 is 0 Å². The lowest BCUT2D eigenvalue weighted by atomic mass is 10.0. The van der Waals surface area contributed by atoms with E-state index in [1.165, 1.54) is 0 Å². The fourth-order valence-electron chi connectivity index (χ4n) is 5.43. The maximum Gasteiger partial charge on any atom is 0.269 e. The summed E-state index contributed by atoms with van der Waals surface area (Å²) in [6, 6.07) is 15.4. The monoisotopic (exact) mass is 935 g/mol. The molecule has 2 aromatic rings. The molecule has 1 N–H and O–H groups in total. The number of benzene rings is 2. The molecule has 2 heterocycles. The maximum atomic E-state index is 13.3. The summed E-state index contributed by atoms with van der Waals surface area (Å²) in [7, 11) is 0. The number of hydrogen-bond acceptors (Lipinski definition) is 12. The van der Waals surface area contributed by atoms with Gasteiger partial charge in [0.25, 0.3) is 11.8 Å². The molecule has 0 atom stereocenters. The van der Waals surface area contributed by atoms with Crippen LogP contribution in [0.3, 0.4) is 0 Å². The molecule has 0 radical (unpaired) electrons. The van der Waals surface area contributed by atoms with Crippen LogP contribution in [0.1, 0.15) is 29.5 Å². The van der Waals surface area contributed by atoms with Gasteiger partial charge >= 0.3 is 0 Å². The number of carbonyl (C=O) groups excluding carboxylic acids is 4. The third kappa shape index (κ3) is 17.0. The van der Waals surface area contributed by atoms with Gasteiger partial charge in [-0.3, -0.25) is 24.1 Å². The van der Waals surface area contributed by atoms with Gasteiger partial charge in [-0.2, -0.15) is 0 Å². The van der Waals surface area contributed by atoms with Crippen LogP contribution >= 0.6 is 31.9 Å². The van der Waals surface area contributed by atoms with Gasteiger partial charge < -0.3 is 48.1 Å². The molecule has 0 unspecified atom stereocenters. The smallest absolute Gasteiger partial charge is 0.269 e. The number of amides is 4. The van der Waals surface area contributed by atoms with Crippen LogP contribution in [-0.2, 0) is 63.6 Å². The summed E-state index contributed by atoms with van der Waals surface area (Å²) in [5.41, 5.74) is 3.38. The van der Waals surface area contributed by atoms with Crippen molar-refractivity contribution in [3.63, 3.8) is 0 Å². The van der Waals surface area contributed by atoms with Crippen LogP contribution in [0.5, 0.6) is 0 Å². The third-order valence-corrected chi connectivity index (χ3v) is 10.4. The molecular weight excluding hydrogens is 886 g/mol. The molecule has 17 heteroatoms. The molecule has 4 rings (SSSR count). The van der Waals surface area contributed by atoms with E-state index in [4.69, 9.17) is 37.9 Å². The molecular formula is C41H51Br2N3O12. The molecule has 0 spiro atoms. The van der Waals surface area contributed by atoms with E-state index in [-0.39, 0.29) is 58.6 Å². The summed E-state index contributed by atoms with van der Waals surface area (Å²) in [6.45, 7) is 7.33. The standard InChI is InChI=1S/C41H51Br2N3O12/c42-38-39(43)41(50)45(40(38)49)14-16-52-18-20-54-22-24-56-26-28-58-30-29-57-27-25-55-23-21-53-19-17-51-15-13-44-36(47)11-12-37(48)46-31-34-7-2-1-5-32(34)9-10-33-6-3-4-8-35(33)46/h1-8H,11-31H2,(H,44,47). The van der Waals surface area contributed by atoms with Crippen LogP contribution in [0.25, 0.3) is 0 Å². The van der Waals surface area contributed by atoms with Crippen molar-refractivity contribution in [2.24, 2.45) is 0 Å². The van der Waals surface area contributed by atoms with Crippen LogP contribution < -0.4 is 10.2 Å². The Labute approximate surface area is 356 Å². The van der Waals surface area contributed by atoms with Crippen molar-refractivity contribution in [3.05, 3.63) is 74.2 Å². The Kier molecular flexibility index (Phi) is 22.8. The van der Waals surface area contributed by atoms with Crippen LogP contribution in [0.15, 0.2) is 57.5 Å². The first kappa shape index (κ1) is 47.1. The second kappa shape index (κ2) is 28.0. The summed E-state index contributed by atoms with van der Waals surface area (Å²) in [4.78, 5) is 52.4. The Hall–Kier alpha value is -3.54. The number of halogens is 2. The molecule has 2 aliphatic rings.